The minimum Gasteiger partial charge on any atom is -0.269 e. The second-order valence-corrected chi connectivity index (χ2v) is 7.55. The van der Waals surface area contributed by atoms with E-state index < -0.39 is 0 Å². The van der Waals surface area contributed by atoms with Crippen LogP contribution in [0.4, 0.5) is 0 Å². The van der Waals surface area contributed by atoms with Gasteiger partial charge in [0.2, 0.25) is 5.16 Å². The van der Waals surface area contributed by atoms with Crippen LogP contribution < -0.4 is 5.56 Å². The number of nitrogens with zero attached hydrogens (tertiary/aromatic N) is 4. The van der Waals surface area contributed by atoms with E-state index in [9.17, 15) is 4.79 Å². The summed E-state index contributed by atoms with van der Waals surface area (Å²) in [4.78, 5) is 22.6. The van der Waals surface area contributed by atoms with Gasteiger partial charge in [0.25, 0.3) is 5.56 Å². The fourth-order valence-electron chi connectivity index (χ4n) is 2.52. The Morgan fingerprint density at radius 1 is 1.28 bits per heavy atom. The van der Waals surface area contributed by atoms with Crippen LogP contribution in [0, 0.1) is 6.92 Å². The molecule has 25 heavy (non-hydrogen) atoms. The molecule has 4 rings (SSSR count). The summed E-state index contributed by atoms with van der Waals surface area (Å²) >= 11 is 3.17. The molecular weight excluding hydrogens is 354 g/mol. The van der Waals surface area contributed by atoms with Crippen LogP contribution >= 0.6 is 23.1 Å². The van der Waals surface area contributed by atoms with Gasteiger partial charge in [0.1, 0.15) is 11.5 Å². The predicted molar refractivity (Wildman–Crippen MR) is 99.3 cm³/mol. The van der Waals surface area contributed by atoms with Crippen LogP contribution in [0.1, 0.15) is 22.0 Å². The lowest BCUT2D eigenvalue weighted by Gasteiger charge is -2.05. The second kappa shape index (κ2) is 6.81. The smallest absolute Gasteiger partial charge is 0.258 e. The zero-order chi connectivity index (χ0) is 17.2. The van der Waals surface area contributed by atoms with E-state index in [4.69, 9.17) is 0 Å². The number of hydrogen-bond donors (Lipinski definition) is 1. The first-order valence-corrected chi connectivity index (χ1v) is 9.60. The molecule has 4 aromatic heterocycles. The van der Waals surface area contributed by atoms with Gasteiger partial charge in [-0.2, -0.15) is 0 Å². The molecular formula is C17H15N5OS2. The number of thiophene rings is 1. The number of aromatic amines is 1. The Hall–Kier alpha value is -2.45. The van der Waals surface area contributed by atoms with Gasteiger partial charge in [0.15, 0.2) is 0 Å². The van der Waals surface area contributed by atoms with E-state index in [1.54, 1.807) is 28.0 Å². The average Bonchev–Trinajstić information content (AvgIpc) is 3.26. The molecule has 1 N–H and O–H groups in total. The lowest BCUT2D eigenvalue weighted by atomic mass is 10.3. The highest BCUT2D eigenvalue weighted by atomic mass is 32.2. The molecule has 0 aromatic carbocycles. The molecule has 0 saturated heterocycles. The number of pyridine rings is 1. The molecule has 0 aliphatic rings. The van der Waals surface area contributed by atoms with Crippen LogP contribution in [0.25, 0.3) is 5.65 Å². The SMILES string of the molecule is Cc1cccn2c(=O)cc(CSc3n[nH]c(Cc4cccs4)n3)nc12. The summed E-state index contributed by atoms with van der Waals surface area (Å²) < 4.78 is 1.56. The number of rotatable bonds is 5. The lowest BCUT2D eigenvalue weighted by Crippen LogP contribution is -2.15. The van der Waals surface area contributed by atoms with Crippen molar-refractivity contribution >= 4 is 28.7 Å². The summed E-state index contributed by atoms with van der Waals surface area (Å²) in [6.45, 7) is 1.95. The van der Waals surface area contributed by atoms with Crippen molar-refractivity contribution in [2.24, 2.45) is 0 Å². The van der Waals surface area contributed by atoms with Crippen molar-refractivity contribution in [3.63, 3.8) is 0 Å². The first-order valence-electron chi connectivity index (χ1n) is 7.73. The van der Waals surface area contributed by atoms with Crippen molar-refractivity contribution < 1.29 is 0 Å². The highest BCUT2D eigenvalue weighted by molar-refractivity contribution is 7.98. The average molecular weight is 369 g/mol. The first-order chi connectivity index (χ1) is 12.2. The Morgan fingerprint density at radius 2 is 2.20 bits per heavy atom. The third-order valence-corrected chi connectivity index (χ3v) is 5.48. The van der Waals surface area contributed by atoms with Crippen molar-refractivity contribution in [3.05, 3.63) is 74.2 Å². The number of hydrogen-bond acceptors (Lipinski definition) is 6. The van der Waals surface area contributed by atoms with E-state index in [0.29, 0.717) is 16.6 Å². The minimum absolute atomic E-state index is 0.0716. The molecule has 4 heterocycles. The molecule has 126 valence electrons. The number of nitrogens with one attached hydrogen (secondary N) is 1. The van der Waals surface area contributed by atoms with E-state index in [2.05, 4.69) is 26.2 Å². The second-order valence-electron chi connectivity index (χ2n) is 5.58. The third kappa shape index (κ3) is 3.49. The molecule has 0 saturated carbocycles. The van der Waals surface area contributed by atoms with Gasteiger partial charge in [-0.25, -0.2) is 9.97 Å². The molecule has 0 bridgehead atoms. The number of H-pyrrole nitrogens is 1. The minimum atomic E-state index is -0.0716. The summed E-state index contributed by atoms with van der Waals surface area (Å²) in [6, 6.07) is 9.47. The Kier molecular flexibility index (Phi) is 4.37. The molecule has 0 spiro atoms. The molecule has 0 aliphatic carbocycles. The fraction of sp³-hybridized carbons (Fsp3) is 0.176. The van der Waals surface area contributed by atoms with E-state index in [1.165, 1.54) is 16.6 Å². The molecule has 0 fully saturated rings. The Bertz CT molecular complexity index is 1070. The van der Waals surface area contributed by atoms with Gasteiger partial charge in [-0.1, -0.05) is 23.9 Å². The summed E-state index contributed by atoms with van der Waals surface area (Å²) in [5.74, 6) is 1.39. The monoisotopic (exact) mass is 369 g/mol. The van der Waals surface area contributed by atoms with Crippen LogP contribution in [0.2, 0.25) is 0 Å². The maximum absolute atomic E-state index is 12.2. The normalized spacial score (nSPS) is 11.2. The molecule has 4 aromatic rings. The van der Waals surface area contributed by atoms with Crippen LogP contribution in [0.5, 0.6) is 0 Å². The molecule has 0 unspecified atom stereocenters. The zero-order valence-corrected chi connectivity index (χ0v) is 15.1. The van der Waals surface area contributed by atoms with Gasteiger partial charge in [0.05, 0.1) is 5.69 Å². The van der Waals surface area contributed by atoms with E-state index in [-0.39, 0.29) is 5.56 Å². The first kappa shape index (κ1) is 16.0. The van der Waals surface area contributed by atoms with Gasteiger partial charge >= 0.3 is 0 Å². The van der Waals surface area contributed by atoms with Gasteiger partial charge < -0.3 is 0 Å². The number of aromatic nitrogens is 5. The topological polar surface area (TPSA) is 75.9 Å². The van der Waals surface area contributed by atoms with Crippen LogP contribution in [0.15, 0.2) is 51.9 Å². The van der Waals surface area contributed by atoms with Gasteiger partial charge in [-0.05, 0) is 30.0 Å². The molecule has 0 atom stereocenters. The van der Waals surface area contributed by atoms with Crippen LogP contribution in [0.3, 0.4) is 0 Å². The maximum atomic E-state index is 12.2. The predicted octanol–water partition coefficient (Wildman–Crippen LogP) is 3.07. The van der Waals surface area contributed by atoms with Gasteiger partial charge in [-0.3, -0.25) is 14.3 Å². The highest BCUT2D eigenvalue weighted by Gasteiger charge is 2.09. The summed E-state index contributed by atoms with van der Waals surface area (Å²) in [6.07, 6.45) is 2.49. The summed E-state index contributed by atoms with van der Waals surface area (Å²) in [5, 5.41) is 9.92. The number of aryl methyl sites for hydroxylation is 1. The largest absolute Gasteiger partial charge is 0.269 e. The molecule has 0 aliphatic heterocycles. The summed E-state index contributed by atoms with van der Waals surface area (Å²) in [7, 11) is 0. The third-order valence-electron chi connectivity index (χ3n) is 3.72. The fourth-order valence-corrected chi connectivity index (χ4v) is 3.94. The number of fused-ring (bicyclic) bond motifs is 1. The van der Waals surface area contributed by atoms with Gasteiger partial charge in [0, 0.05) is 29.3 Å². The van der Waals surface area contributed by atoms with Crippen molar-refractivity contribution in [2.45, 2.75) is 24.3 Å². The maximum Gasteiger partial charge on any atom is 0.258 e. The molecule has 0 amide bonds. The Balaban J connectivity index is 1.50. The van der Waals surface area contributed by atoms with E-state index >= 15 is 0 Å². The van der Waals surface area contributed by atoms with Crippen molar-refractivity contribution in [1.29, 1.82) is 0 Å². The van der Waals surface area contributed by atoms with E-state index in [1.807, 2.05) is 30.5 Å². The van der Waals surface area contributed by atoms with Crippen molar-refractivity contribution in [1.82, 2.24) is 24.6 Å². The standard InChI is InChI=1S/C17H15N5OS2/c1-11-4-2-6-22-15(23)8-12(18-16(11)22)10-25-17-19-14(20-21-17)9-13-5-3-7-24-13/h2-8H,9-10H2,1H3,(H,19,20,21). The van der Waals surface area contributed by atoms with E-state index in [0.717, 1.165) is 23.5 Å². The molecule has 0 radical (unpaired) electrons. The molecule has 6 nitrogen and oxygen atoms in total. The number of thioether (sulfide) groups is 1. The van der Waals surface area contributed by atoms with Crippen molar-refractivity contribution in [3.8, 4) is 0 Å². The van der Waals surface area contributed by atoms with Crippen LogP contribution in [-0.2, 0) is 12.2 Å². The Labute approximate surface area is 152 Å². The van der Waals surface area contributed by atoms with Crippen molar-refractivity contribution in [2.75, 3.05) is 0 Å². The van der Waals surface area contributed by atoms with Crippen LogP contribution in [-0.4, -0.2) is 24.6 Å². The highest BCUT2D eigenvalue weighted by Crippen LogP contribution is 2.19. The zero-order valence-electron chi connectivity index (χ0n) is 13.5. The molecule has 8 heteroatoms. The summed E-state index contributed by atoms with van der Waals surface area (Å²) in [5.41, 5.74) is 2.33. The Morgan fingerprint density at radius 3 is 3.04 bits per heavy atom. The quantitative estimate of drug-likeness (QED) is 0.547. The lowest BCUT2D eigenvalue weighted by molar-refractivity contribution is 0.957. The van der Waals surface area contributed by atoms with Gasteiger partial charge in [-0.15, -0.1) is 16.4 Å².